The first kappa shape index (κ1) is 15.7. The van der Waals surface area contributed by atoms with Crippen molar-refractivity contribution in [3.63, 3.8) is 0 Å². The van der Waals surface area contributed by atoms with Crippen molar-refractivity contribution in [1.29, 1.82) is 0 Å². The highest BCUT2D eigenvalue weighted by atomic mass is 19.1. The molecule has 1 saturated carbocycles. The average molecular weight is 315 g/mol. The Morgan fingerprint density at radius 1 is 1.22 bits per heavy atom. The second-order valence-corrected chi connectivity index (χ2v) is 6.25. The van der Waals surface area contributed by atoms with Gasteiger partial charge in [0.25, 0.3) is 0 Å². The fraction of sp³-hybridized carbons (Fsp3) is 0.444. The van der Waals surface area contributed by atoms with Gasteiger partial charge in [-0.2, -0.15) is 5.10 Å². The van der Waals surface area contributed by atoms with Crippen LogP contribution in [0.3, 0.4) is 0 Å². The lowest BCUT2D eigenvalue weighted by Gasteiger charge is -2.10. The maximum atomic E-state index is 13.1. The summed E-state index contributed by atoms with van der Waals surface area (Å²) in [6.45, 7) is 0. The van der Waals surface area contributed by atoms with E-state index in [4.69, 9.17) is 0 Å². The highest BCUT2D eigenvalue weighted by molar-refractivity contribution is 5.91. The first-order valence-electron chi connectivity index (χ1n) is 8.30. The van der Waals surface area contributed by atoms with Gasteiger partial charge in [-0.25, -0.2) is 4.39 Å². The summed E-state index contributed by atoms with van der Waals surface area (Å²) in [5, 5.41) is 10.0. The number of aromatic amines is 1. The minimum atomic E-state index is -0.328. The molecular formula is C18H22FN3O. The largest absolute Gasteiger partial charge is 0.309 e. The standard InChI is InChI=1S/C18H22FN3O/c19-15-9-5-6-13(10-15)11-18(23)20-17-12-16(21-22-17)14-7-3-1-2-4-8-14/h5-6,9-10,12,14H,1-4,7-8,11H2,(H2,20,21,22,23). The number of carbonyl (C=O) groups is 1. The maximum Gasteiger partial charge on any atom is 0.229 e. The van der Waals surface area contributed by atoms with Crippen LogP contribution in [-0.4, -0.2) is 16.1 Å². The Morgan fingerprint density at radius 2 is 2.00 bits per heavy atom. The van der Waals surface area contributed by atoms with E-state index in [-0.39, 0.29) is 18.1 Å². The van der Waals surface area contributed by atoms with Crippen LogP contribution in [-0.2, 0) is 11.2 Å². The fourth-order valence-electron chi connectivity index (χ4n) is 3.22. The SMILES string of the molecule is O=C(Cc1cccc(F)c1)Nc1cc(C2CCCCCC2)[nH]n1. The molecule has 1 amide bonds. The number of hydrogen-bond donors (Lipinski definition) is 2. The molecule has 3 rings (SSSR count). The van der Waals surface area contributed by atoms with Crippen molar-refractivity contribution in [1.82, 2.24) is 10.2 Å². The smallest absolute Gasteiger partial charge is 0.229 e. The third kappa shape index (κ3) is 4.41. The Hall–Kier alpha value is -2.17. The van der Waals surface area contributed by atoms with Gasteiger partial charge in [0.2, 0.25) is 5.91 Å². The number of benzene rings is 1. The first-order valence-corrected chi connectivity index (χ1v) is 8.30. The molecule has 2 N–H and O–H groups in total. The third-order valence-corrected chi connectivity index (χ3v) is 4.41. The van der Waals surface area contributed by atoms with Crippen LogP contribution in [0.2, 0.25) is 0 Å². The first-order chi connectivity index (χ1) is 11.2. The molecule has 1 aromatic carbocycles. The second kappa shape index (κ2) is 7.40. The van der Waals surface area contributed by atoms with Gasteiger partial charge in [-0.1, -0.05) is 37.8 Å². The number of amides is 1. The van der Waals surface area contributed by atoms with Crippen LogP contribution in [0.4, 0.5) is 10.2 Å². The van der Waals surface area contributed by atoms with Crippen molar-refractivity contribution in [3.05, 3.63) is 47.4 Å². The Kier molecular flexibility index (Phi) is 5.05. The summed E-state index contributed by atoms with van der Waals surface area (Å²) in [7, 11) is 0. The summed E-state index contributed by atoms with van der Waals surface area (Å²) in [5.74, 6) is 0.546. The molecule has 1 fully saturated rings. The van der Waals surface area contributed by atoms with Gasteiger partial charge >= 0.3 is 0 Å². The van der Waals surface area contributed by atoms with E-state index in [9.17, 15) is 9.18 Å². The number of H-pyrrole nitrogens is 1. The number of halogens is 1. The highest BCUT2D eigenvalue weighted by Crippen LogP contribution is 2.31. The van der Waals surface area contributed by atoms with E-state index in [1.54, 1.807) is 12.1 Å². The summed E-state index contributed by atoms with van der Waals surface area (Å²) >= 11 is 0. The molecule has 1 heterocycles. The normalized spacial score (nSPS) is 16.0. The molecule has 2 aromatic rings. The molecule has 0 bridgehead atoms. The lowest BCUT2D eigenvalue weighted by molar-refractivity contribution is -0.115. The van der Waals surface area contributed by atoms with Crippen LogP contribution in [0.5, 0.6) is 0 Å². The molecule has 0 aliphatic heterocycles. The van der Waals surface area contributed by atoms with Gasteiger partial charge in [0.05, 0.1) is 6.42 Å². The van der Waals surface area contributed by atoms with Gasteiger partial charge in [-0.3, -0.25) is 9.89 Å². The minimum Gasteiger partial charge on any atom is -0.309 e. The van der Waals surface area contributed by atoms with Gasteiger partial charge < -0.3 is 5.32 Å². The van der Waals surface area contributed by atoms with Crippen molar-refractivity contribution in [2.45, 2.75) is 50.9 Å². The van der Waals surface area contributed by atoms with Crippen LogP contribution < -0.4 is 5.32 Å². The molecule has 1 aromatic heterocycles. The predicted octanol–water partition coefficient (Wildman–Crippen LogP) is 4.17. The molecular weight excluding hydrogens is 293 g/mol. The summed E-state index contributed by atoms with van der Waals surface area (Å²) in [5.41, 5.74) is 1.76. The number of nitrogens with zero attached hydrogens (tertiary/aromatic N) is 1. The van der Waals surface area contributed by atoms with Gasteiger partial charge in [-0.05, 0) is 30.5 Å². The van der Waals surface area contributed by atoms with E-state index in [1.165, 1.54) is 50.7 Å². The molecule has 0 atom stereocenters. The molecule has 122 valence electrons. The predicted molar refractivity (Wildman–Crippen MR) is 87.8 cm³/mol. The Balaban J connectivity index is 1.58. The number of aromatic nitrogens is 2. The summed E-state index contributed by atoms with van der Waals surface area (Å²) in [6.07, 6.45) is 7.63. The van der Waals surface area contributed by atoms with Crippen molar-refractivity contribution < 1.29 is 9.18 Å². The van der Waals surface area contributed by atoms with Gasteiger partial charge in [0, 0.05) is 17.7 Å². The summed E-state index contributed by atoms with van der Waals surface area (Å²) < 4.78 is 13.1. The van der Waals surface area contributed by atoms with Gasteiger partial charge in [0.1, 0.15) is 5.82 Å². The number of anilines is 1. The zero-order valence-corrected chi connectivity index (χ0v) is 13.1. The molecule has 5 heteroatoms. The van der Waals surface area contributed by atoms with E-state index in [0.29, 0.717) is 17.3 Å². The van der Waals surface area contributed by atoms with Crippen LogP contribution in [0.25, 0.3) is 0 Å². The zero-order valence-electron chi connectivity index (χ0n) is 13.1. The molecule has 23 heavy (non-hydrogen) atoms. The Bertz CT molecular complexity index is 660. The lowest BCUT2D eigenvalue weighted by atomic mass is 9.97. The van der Waals surface area contributed by atoms with Crippen molar-refractivity contribution in [3.8, 4) is 0 Å². The monoisotopic (exact) mass is 315 g/mol. The van der Waals surface area contributed by atoms with Crippen molar-refractivity contribution >= 4 is 11.7 Å². The van der Waals surface area contributed by atoms with Gasteiger partial charge in [0.15, 0.2) is 5.82 Å². The lowest BCUT2D eigenvalue weighted by Crippen LogP contribution is -2.14. The van der Waals surface area contributed by atoms with E-state index < -0.39 is 0 Å². The van der Waals surface area contributed by atoms with Crippen LogP contribution in [0, 0.1) is 5.82 Å². The van der Waals surface area contributed by atoms with Crippen LogP contribution in [0.1, 0.15) is 55.7 Å². The Morgan fingerprint density at radius 3 is 2.74 bits per heavy atom. The van der Waals surface area contributed by atoms with Crippen LogP contribution >= 0.6 is 0 Å². The van der Waals surface area contributed by atoms with Crippen molar-refractivity contribution in [2.24, 2.45) is 0 Å². The molecule has 0 unspecified atom stereocenters. The quantitative estimate of drug-likeness (QED) is 0.832. The molecule has 1 aliphatic carbocycles. The molecule has 4 nitrogen and oxygen atoms in total. The molecule has 0 saturated heterocycles. The number of hydrogen-bond acceptors (Lipinski definition) is 2. The average Bonchev–Trinajstić information content (AvgIpc) is 2.81. The summed E-state index contributed by atoms with van der Waals surface area (Å²) in [6, 6.07) is 8.02. The highest BCUT2D eigenvalue weighted by Gasteiger charge is 2.17. The van der Waals surface area contributed by atoms with Crippen LogP contribution in [0.15, 0.2) is 30.3 Å². The number of rotatable bonds is 4. The number of carbonyl (C=O) groups excluding carboxylic acids is 1. The molecule has 0 radical (unpaired) electrons. The van der Waals surface area contributed by atoms with Crippen molar-refractivity contribution in [2.75, 3.05) is 5.32 Å². The third-order valence-electron chi connectivity index (χ3n) is 4.41. The maximum absolute atomic E-state index is 13.1. The number of nitrogens with one attached hydrogen (secondary N) is 2. The molecule has 1 aliphatic rings. The minimum absolute atomic E-state index is 0.142. The Labute approximate surface area is 135 Å². The van der Waals surface area contributed by atoms with E-state index in [1.807, 2.05) is 6.07 Å². The fourth-order valence-corrected chi connectivity index (χ4v) is 3.22. The van der Waals surface area contributed by atoms with Gasteiger partial charge in [-0.15, -0.1) is 0 Å². The molecule has 0 spiro atoms. The summed E-state index contributed by atoms with van der Waals surface area (Å²) in [4.78, 5) is 12.0. The second-order valence-electron chi connectivity index (χ2n) is 6.25. The topological polar surface area (TPSA) is 57.8 Å². The van der Waals surface area contributed by atoms with E-state index in [2.05, 4.69) is 15.5 Å². The van der Waals surface area contributed by atoms with E-state index in [0.717, 1.165) is 5.69 Å². The van der Waals surface area contributed by atoms with E-state index >= 15 is 0 Å². The zero-order chi connectivity index (χ0) is 16.1.